The van der Waals surface area contributed by atoms with Crippen molar-refractivity contribution in [3.05, 3.63) is 39.3 Å². The van der Waals surface area contributed by atoms with Crippen LogP contribution in [0, 0.1) is 15.0 Å². The quantitative estimate of drug-likeness (QED) is 0.503. The molecule has 0 aliphatic rings. The molecule has 96 valence electrons. The predicted octanol–water partition coefficient (Wildman–Crippen LogP) is 2.08. The van der Waals surface area contributed by atoms with Crippen LogP contribution in [-0.2, 0) is 4.84 Å². The molecule has 0 heterocycles. The van der Waals surface area contributed by atoms with Crippen molar-refractivity contribution < 1.29 is 19.5 Å². The summed E-state index contributed by atoms with van der Waals surface area (Å²) >= 11 is 5.27. The number of rotatable bonds is 5. The van der Waals surface area contributed by atoms with Crippen molar-refractivity contribution in [1.82, 2.24) is 0 Å². The van der Waals surface area contributed by atoms with Gasteiger partial charge in [-0.25, -0.2) is 4.79 Å². The van der Waals surface area contributed by atoms with Crippen molar-refractivity contribution in [3.63, 3.8) is 0 Å². The minimum Gasteiger partial charge on any atom is -0.286 e. The van der Waals surface area contributed by atoms with Gasteiger partial charge in [-0.2, -0.15) is 0 Å². The maximum atomic E-state index is 11.2. The molecule has 0 saturated heterocycles. The van der Waals surface area contributed by atoms with Gasteiger partial charge in [0.15, 0.2) is 0 Å². The van der Waals surface area contributed by atoms with Gasteiger partial charge in [-0.05, 0) is 12.1 Å². The SMILES string of the molecule is O=C(Nc1ccc([N+](=O)[O-])cc1)O[N+](=O)CCCl. The summed E-state index contributed by atoms with van der Waals surface area (Å²) < 4.78 is 0. The molecular formula is C9H9ClN3O5+. The number of hydrogen-bond donors (Lipinski definition) is 1. The molecule has 0 unspecified atom stereocenters. The molecule has 9 heteroatoms. The predicted molar refractivity (Wildman–Crippen MR) is 62.4 cm³/mol. The lowest BCUT2D eigenvalue weighted by atomic mass is 10.3. The van der Waals surface area contributed by atoms with Crippen LogP contribution in [0.4, 0.5) is 16.2 Å². The number of benzene rings is 1. The fourth-order valence-corrected chi connectivity index (χ4v) is 1.15. The van der Waals surface area contributed by atoms with Crippen molar-refractivity contribution in [1.29, 1.82) is 0 Å². The highest BCUT2D eigenvalue weighted by molar-refractivity contribution is 6.17. The van der Waals surface area contributed by atoms with E-state index in [-0.39, 0.29) is 28.7 Å². The Morgan fingerprint density at radius 2 is 1.94 bits per heavy atom. The number of amides is 1. The highest BCUT2D eigenvalue weighted by Crippen LogP contribution is 2.15. The third-order valence-electron chi connectivity index (χ3n) is 1.78. The number of carbonyl (C=O) groups is 1. The number of non-ortho nitro benzene ring substituents is 1. The van der Waals surface area contributed by atoms with E-state index in [9.17, 15) is 19.8 Å². The lowest BCUT2D eigenvalue weighted by Gasteiger charge is -1.99. The number of nitro groups is 1. The van der Waals surface area contributed by atoms with E-state index in [0.717, 1.165) is 0 Å². The second kappa shape index (κ2) is 6.50. The molecule has 1 aromatic rings. The van der Waals surface area contributed by atoms with E-state index >= 15 is 0 Å². The Labute approximate surface area is 106 Å². The largest absolute Gasteiger partial charge is 0.485 e. The normalized spacial score (nSPS) is 9.61. The van der Waals surface area contributed by atoms with Gasteiger partial charge in [0.2, 0.25) is 4.92 Å². The van der Waals surface area contributed by atoms with E-state index in [2.05, 4.69) is 10.2 Å². The van der Waals surface area contributed by atoms with Crippen LogP contribution in [0.1, 0.15) is 0 Å². The topological polar surface area (TPSA) is 102 Å². The standard InChI is InChI=1S/C9H8ClN3O5/c10-5-6-12(15)18-9(14)11-7-1-3-8(4-2-7)13(16)17/h1-4H,5-6H2/p+1. The lowest BCUT2D eigenvalue weighted by molar-refractivity contribution is -0.772. The Hall–Kier alpha value is -2.22. The Morgan fingerprint density at radius 3 is 2.44 bits per heavy atom. The maximum absolute atomic E-state index is 11.2. The van der Waals surface area contributed by atoms with Crippen molar-refractivity contribution in [2.24, 2.45) is 0 Å². The Kier molecular flexibility index (Phi) is 5.00. The zero-order valence-corrected chi connectivity index (χ0v) is 9.79. The lowest BCUT2D eigenvalue weighted by Crippen LogP contribution is -2.21. The molecule has 0 saturated carbocycles. The van der Waals surface area contributed by atoms with Crippen molar-refractivity contribution in [2.45, 2.75) is 0 Å². The number of carbonyl (C=O) groups excluding carboxylic acids is 1. The Bertz CT molecular complexity index is 462. The zero-order chi connectivity index (χ0) is 13.5. The number of nitrogens with one attached hydrogen (secondary N) is 1. The minimum absolute atomic E-state index is 0.0221. The molecule has 0 bridgehead atoms. The van der Waals surface area contributed by atoms with E-state index < -0.39 is 11.0 Å². The third-order valence-corrected chi connectivity index (χ3v) is 1.95. The Balaban J connectivity index is 2.54. The van der Waals surface area contributed by atoms with E-state index in [1.165, 1.54) is 24.3 Å². The van der Waals surface area contributed by atoms with E-state index in [1.54, 1.807) is 0 Å². The molecule has 8 nitrogen and oxygen atoms in total. The summed E-state index contributed by atoms with van der Waals surface area (Å²) in [5, 5.41) is 12.6. The van der Waals surface area contributed by atoms with Gasteiger partial charge in [0.25, 0.3) is 12.2 Å². The third kappa shape index (κ3) is 4.34. The zero-order valence-electron chi connectivity index (χ0n) is 9.04. The summed E-state index contributed by atoms with van der Waals surface area (Å²) in [7, 11) is 0. The van der Waals surface area contributed by atoms with Crippen LogP contribution in [-0.4, -0.2) is 28.4 Å². The summed E-state index contributed by atoms with van der Waals surface area (Å²) in [6.07, 6.45) is -0.996. The maximum Gasteiger partial charge on any atom is 0.485 e. The first-order chi connectivity index (χ1) is 8.52. The molecule has 1 amide bonds. The van der Waals surface area contributed by atoms with Gasteiger partial charge in [0, 0.05) is 17.8 Å². The van der Waals surface area contributed by atoms with Gasteiger partial charge in [-0.3, -0.25) is 15.4 Å². The highest BCUT2D eigenvalue weighted by atomic mass is 35.5. The number of nitrogens with zero attached hydrogens (tertiary/aromatic N) is 2. The van der Waals surface area contributed by atoms with Crippen molar-refractivity contribution >= 4 is 29.1 Å². The molecule has 0 aliphatic carbocycles. The van der Waals surface area contributed by atoms with Crippen LogP contribution in [0.2, 0.25) is 0 Å². The molecule has 1 rings (SSSR count). The molecule has 0 spiro atoms. The molecule has 1 aromatic carbocycles. The van der Waals surface area contributed by atoms with Gasteiger partial charge in [0.05, 0.1) is 15.7 Å². The van der Waals surface area contributed by atoms with Gasteiger partial charge in [0.1, 0.15) is 0 Å². The summed E-state index contributed by atoms with van der Waals surface area (Å²) in [5.41, 5.74) is 0.159. The average molecular weight is 275 g/mol. The first-order valence-electron chi connectivity index (χ1n) is 4.77. The van der Waals surface area contributed by atoms with Gasteiger partial charge in [-0.1, -0.05) is 0 Å². The summed E-state index contributed by atoms with van der Waals surface area (Å²) in [5.74, 6) is 0.0221. The van der Waals surface area contributed by atoms with Gasteiger partial charge >= 0.3 is 6.09 Å². The number of anilines is 1. The second-order valence-corrected chi connectivity index (χ2v) is 3.43. The van der Waals surface area contributed by atoms with Crippen molar-refractivity contribution in [3.8, 4) is 0 Å². The van der Waals surface area contributed by atoms with E-state index in [0.29, 0.717) is 0 Å². The van der Waals surface area contributed by atoms with Crippen LogP contribution in [0.15, 0.2) is 24.3 Å². The summed E-state index contributed by atoms with van der Waals surface area (Å²) in [6, 6.07) is 5.05. The van der Waals surface area contributed by atoms with Crippen LogP contribution >= 0.6 is 11.6 Å². The molecule has 0 atom stereocenters. The number of halogens is 1. The fourth-order valence-electron chi connectivity index (χ4n) is 1.01. The molecule has 0 fully saturated rings. The van der Waals surface area contributed by atoms with Crippen LogP contribution in [0.25, 0.3) is 0 Å². The van der Waals surface area contributed by atoms with E-state index in [4.69, 9.17) is 11.6 Å². The number of hydrogen-bond acceptors (Lipinski definition) is 5. The first kappa shape index (κ1) is 13.8. The van der Waals surface area contributed by atoms with Gasteiger partial charge in [-0.15, -0.1) is 16.4 Å². The second-order valence-electron chi connectivity index (χ2n) is 3.05. The molecule has 1 N–H and O–H groups in total. The number of alkyl halides is 1. The monoisotopic (exact) mass is 274 g/mol. The van der Waals surface area contributed by atoms with Crippen molar-refractivity contribution in [2.75, 3.05) is 17.7 Å². The van der Waals surface area contributed by atoms with Crippen LogP contribution in [0.5, 0.6) is 0 Å². The molecule has 18 heavy (non-hydrogen) atoms. The molecule has 0 aromatic heterocycles. The minimum atomic E-state index is -0.996. The highest BCUT2D eigenvalue weighted by Gasteiger charge is 2.16. The summed E-state index contributed by atoms with van der Waals surface area (Å²) in [4.78, 5) is 36.1. The first-order valence-corrected chi connectivity index (χ1v) is 5.30. The fraction of sp³-hybridized carbons (Fsp3) is 0.222. The van der Waals surface area contributed by atoms with Crippen LogP contribution < -0.4 is 5.32 Å². The van der Waals surface area contributed by atoms with E-state index in [1.807, 2.05) is 0 Å². The molecule has 0 aliphatic heterocycles. The summed E-state index contributed by atoms with van der Waals surface area (Å²) in [6.45, 7) is -0.158. The average Bonchev–Trinajstić information content (AvgIpc) is 2.29. The Morgan fingerprint density at radius 1 is 1.33 bits per heavy atom. The molecule has 0 radical (unpaired) electrons. The number of nitro benzene ring substituents is 1. The molecular weight excluding hydrogens is 266 g/mol. The smallest absolute Gasteiger partial charge is 0.286 e. The van der Waals surface area contributed by atoms with Crippen LogP contribution in [0.3, 0.4) is 0 Å². The van der Waals surface area contributed by atoms with Gasteiger partial charge < -0.3 is 0 Å².